The number of rotatable bonds is 4. The van der Waals surface area contributed by atoms with E-state index in [9.17, 15) is 9.90 Å². The first-order valence-electron chi connectivity index (χ1n) is 4.67. The number of benzene rings is 1. The van der Waals surface area contributed by atoms with Crippen molar-refractivity contribution in [2.75, 3.05) is 6.54 Å². The fourth-order valence-electron chi connectivity index (χ4n) is 1.38. The second kappa shape index (κ2) is 4.88. The third-order valence-electron chi connectivity index (χ3n) is 2.08. The van der Waals surface area contributed by atoms with Gasteiger partial charge in [0.1, 0.15) is 0 Å². The Bertz CT molecular complexity index is 321. The third kappa shape index (κ3) is 2.40. The SMILES string of the molecule is CC(O)c1ccccc1C(=O)CCN. The summed E-state index contributed by atoms with van der Waals surface area (Å²) in [5.41, 5.74) is 6.56. The van der Waals surface area contributed by atoms with E-state index in [1.807, 2.05) is 0 Å². The van der Waals surface area contributed by atoms with E-state index in [-0.39, 0.29) is 5.78 Å². The molecule has 1 unspecified atom stereocenters. The van der Waals surface area contributed by atoms with Crippen LogP contribution in [0, 0.1) is 0 Å². The molecule has 1 atom stereocenters. The molecule has 0 aliphatic rings. The number of aliphatic hydroxyl groups is 1. The average molecular weight is 193 g/mol. The second-order valence-corrected chi connectivity index (χ2v) is 3.23. The van der Waals surface area contributed by atoms with Gasteiger partial charge >= 0.3 is 0 Å². The van der Waals surface area contributed by atoms with E-state index >= 15 is 0 Å². The highest BCUT2D eigenvalue weighted by atomic mass is 16.3. The van der Waals surface area contributed by atoms with Crippen molar-refractivity contribution >= 4 is 5.78 Å². The van der Waals surface area contributed by atoms with Gasteiger partial charge in [0.25, 0.3) is 0 Å². The van der Waals surface area contributed by atoms with Gasteiger partial charge in [0.2, 0.25) is 0 Å². The number of Topliss-reactive ketones (excluding diaryl/α,β-unsaturated/α-hetero) is 1. The zero-order valence-corrected chi connectivity index (χ0v) is 8.23. The molecule has 3 nitrogen and oxygen atoms in total. The number of ketones is 1. The number of hydrogen-bond donors (Lipinski definition) is 2. The molecule has 76 valence electrons. The van der Waals surface area contributed by atoms with E-state index in [0.29, 0.717) is 24.1 Å². The van der Waals surface area contributed by atoms with E-state index in [4.69, 9.17) is 5.73 Å². The van der Waals surface area contributed by atoms with E-state index in [0.717, 1.165) is 0 Å². The summed E-state index contributed by atoms with van der Waals surface area (Å²) in [5.74, 6) is -0.0102. The normalized spacial score (nSPS) is 12.5. The minimum Gasteiger partial charge on any atom is -0.389 e. The van der Waals surface area contributed by atoms with Crippen molar-refractivity contribution in [3.8, 4) is 0 Å². The highest BCUT2D eigenvalue weighted by Gasteiger charge is 2.12. The van der Waals surface area contributed by atoms with Gasteiger partial charge in [0.15, 0.2) is 5.78 Å². The summed E-state index contributed by atoms with van der Waals surface area (Å²) >= 11 is 0. The first-order chi connectivity index (χ1) is 6.66. The lowest BCUT2D eigenvalue weighted by Gasteiger charge is -2.10. The van der Waals surface area contributed by atoms with Crippen molar-refractivity contribution in [1.82, 2.24) is 0 Å². The van der Waals surface area contributed by atoms with Crippen LogP contribution in [0.4, 0.5) is 0 Å². The molecule has 1 aromatic carbocycles. The molecule has 0 aliphatic heterocycles. The monoisotopic (exact) mass is 193 g/mol. The Morgan fingerprint density at radius 2 is 2.14 bits per heavy atom. The predicted molar refractivity (Wildman–Crippen MR) is 55.1 cm³/mol. The van der Waals surface area contributed by atoms with Gasteiger partial charge in [0.05, 0.1) is 6.10 Å². The van der Waals surface area contributed by atoms with Gasteiger partial charge in [-0.1, -0.05) is 24.3 Å². The Balaban J connectivity index is 3.00. The summed E-state index contributed by atoms with van der Waals surface area (Å²) in [6, 6.07) is 7.07. The predicted octanol–water partition coefficient (Wildman–Crippen LogP) is 1.27. The lowest BCUT2D eigenvalue weighted by Crippen LogP contribution is -2.11. The molecule has 0 fully saturated rings. The molecule has 0 aliphatic carbocycles. The van der Waals surface area contributed by atoms with E-state index < -0.39 is 6.10 Å². The summed E-state index contributed by atoms with van der Waals surface area (Å²) < 4.78 is 0. The van der Waals surface area contributed by atoms with Crippen LogP contribution < -0.4 is 5.73 Å². The Kier molecular flexibility index (Phi) is 3.80. The molecule has 0 heterocycles. The summed E-state index contributed by atoms with van der Waals surface area (Å²) in [6.07, 6.45) is -0.295. The molecule has 0 saturated carbocycles. The van der Waals surface area contributed by atoms with Crippen LogP contribution in [0.25, 0.3) is 0 Å². The van der Waals surface area contributed by atoms with Crippen molar-refractivity contribution in [1.29, 1.82) is 0 Å². The molecular formula is C11H15NO2. The van der Waals surface area contributed by atoms with Crippen molar-refractivity contribution in [3.05, 3.63) is 35.4 Å². The summed E-state index contributed by atoms with van der Waals surface area (Å²) in [4.78, 5) is 11.6. The van der Waals surface area contributed by atoms with Crippen LogP contribution in [-0.2, 0) is 0 Å². The van der Waals surface area contributed by atoms with Gasteiger partial charge in [-0.05, 0) is 19.0 Å². The number of hydrogen-bond acceptors (Lipinski definition) is 3. The van der Waals surface area contributed by atoms with Gasteiger partial charge in [-0.2, -0.15) is 0 Å². The van der Waals surface area contributed by atoms with Gasteiger partial charge in [-0.3, -0.25) is 4.79 Å². The zero-order valence-electron chi connectivity index (χ0n) is 8.23. The Labute approximate surface area is 83.6 Å². The molecule has 0 amide bonds. The number of nitrogens with two attached hydrogens (primary N) is 1. The molecule has 0 radical (unpaired) electrons. The maximum atomic E-state index is 11.6. The molecule has 1 aromatic rings. The number of carbonyl (C=O) groups excluding carboxylic acids is 1. The topological polar surface area (TPSA) is 63.3 Å². The largest absolute Gasteiger partial charge is 0.389 e. The van der Waals surface area contributed by atoms with Gasteiger partial charge in [-0.15, -0.1) is 0 Å². The van der Waals surface area contributed by atoms with Crippen LogP contribution in [0.2, 0.25) is 0 Å². The van der Waals surface area contributed by atoms with Crippen molar-refractivity contribution in [2.45, 2.75) is 19.4 Å². The molecule has 0 spiro atoms. The van der Waals surface area contributed by atoms with Gasteiger partial charge < -0.3 is 10.8 Å². The number of aliphatic hydroxyl groups excluding tert-OH is 1. The lowest BCUT2D eigenvalue weighted by atomic mass is 9.98. The molecule has 14 heavy (non-hydrogen) atoms. The molecule has 0 saturated heterocycles. The van der Waals surface area contributed by atoms with Crippen LogP contribution in [0.3, 0.4) is 0 Å². The maximum Gasteiger partial charge on any atom is 0.164 e. The highest BCUT2D eigenvalue weighted by Crippen LogP contribution is 2.18. The zero-order chi connectivity index (χ0) is 10.6. The summed E-state index contributed by atoms with van der Waals surface area (Å²) in [5, 5.41) is 9.44. The van der Waals surface area contributed by atoms with Crippen LogP contribution in [-0.4, -0.2) is 17.4 Å². The Hall–Kier alpha value is -1.19. The minimum absolute atomic E-state index is 0.0102. The van der Waals surface area contributed by atoms with Crippen LogP contribution in [0.5, 0.6) is 0 Å². The Morgan fingerprint density at radius 3 is 2.71 bits per heavy atom. The average Bonchev–Trinajstić information content (AvgIpc) is 2.18. The third-order valence-corrected chi connectivity index (χ3v) is 2.08. The second-order valence-electron chi connectivity index (χ2n) is 3.23. The van der Waals surface area contributed by atoms with Gasteiger partial charge in [0, 0.05) is 12.0 Å². The molecule has 0 bridgehead atoms. The summed E-state index contributed by atoms with van der Waals surface area (Å²) in [6.45, 7) is 1.99. The highest BCUT2D eigenvalue weighted by molar-refractivity contribution is 5.97. The van der Waals surface area contributed by atoms with Crippen molar-refractivity contribution < 1.29 is 9.90 Å². The quantitative estimate of drug-likeness (QED) is 0.708. The minimum atomic E-state index is -0.618. The van der Waals surface area contributed by atoms with Crippen LogP contribution >= 0.6 is 0 Å². The fraction of sp³-hybridized carbons (Fsp3) is 0.364. The van der Waals surface area contributed by atoms with Crippen molar-refractivity contribution in [2.24, 2.45) is 5.73 Å². The van der Waals surface area contributed by atoms with Crippen molar-refractivity contribution in [3.63, 3.8) is 0 Å². The lowest BCUT2D eigenvalue weighted by molar-refractivity contribution is 0.0979. The van der Waals surface area contributed by atoms with E-state index in [2.05, 4.69) is 0 Å². The first-order valence-corrected chi connectivity index (χ1v) is 4.67. The molecule has 0 aromatic heterocycles. The summed E-state index contributed by atoms with van der Waals surface area (Å²) in [7, 11) is 0. The van der Waals surface area contributed by atoms with Crippen LogP contribution in [0.1, 0.15) is 35.4 Å². The molecule has 3 heteroatoms. The molecular weight excluding hydrogens is 178 g/mol. The first kappa shape index (κ1) is 10.9. The maximum absolute atomic E-state index is 11.6. The van der Waals surface area contributed by atoms with E-state index in [1.165, 1.54) is 0 Å². The van der Waals surface area contributed by atoms with Gasteiger partial charge in [-0.25, -0.2) is 0 Å². The standard InChI is InChI=1S/C11H15NO2/c1-8(13)9-4-2-3-5-10(9)11(14)6-7-12/h2-5,8,13H,6-7,12H2,1H3. The molecule has 1 rings (SSSR count). The Morgan fingerprint density at radius 1 is 1.50 bits per heavy atom. The van der Waals surface area contributed by atoms with Crippen LogP contribution in [0.15, 0.2) is 24.3 Å². The fourth-order valence-corrected chi connectivity index (χ4v) is 1.38. The van der Waals surface area contributed by atoms with E-state index in [1.54, 1.807) is 31.2 Å². The number of carbonyl (C=O) groups is 1. The smallest absolute Gasteiger partial charge is 0.164 e. The molecule has 3 N–H and O–H groups in total.